The Kier molecular flexibility index (Phi) is 11.0. The van der Waals surface area contributed by atoms with Crippen LogP contribution in [-0.2, 0) is 23.7 Å². The van der Waals surface area contributed by atoms with Crippen LogP contribution >= 0.6 is 28.7 Å². The topological polar surface area (TPSA) is 155 Å². The van der Waals surface area contributed by atoms with Crippen LogP contribution in [0.3, 0.4) is 0 Å². The summed E-state index contributed by atoms with van der Waals surface area (Å²) in [6.07, 6.45) is -4.37. The van der Waals surface area contributed by atoms with E-state index in [0.717, 1.165) is 0 Å². The molecule has 0 aliphatic carbocycles. The number of rotatable bonds is 8. The Morgan fingerprint density at radius 2 is 1.23 bits per heavy atom. The van der Waals surface area contributed by atoms with E-state index in [4.69, 9.17) is 30.1 Å². The number of Topliss-reactive ketones (excluding diaryl/α,β-unsaturated/α-hetero) is 1. The first kappa shape index (κ1) is 30.5. The quantitative estimate of drug-likeness (QED) is 0.163. The highest BCUT2D eigenvalue weighted by Crippen LogP contribution is 2.30. The number of benzene rings is 3. The molecule has 0 radical (unpaired) electrons. The number of hydrogen-bond donors (Lipinski definition) is 2. The van der Waals surface area contributed by atoms with Crippen LogP contribution in [-0.4, -0.2) is 59.2 Å². The summed E-state index contributed by atoms with van der Waals surface area (Å²) in [5.41, 5.74) is 4.71. The Hall–Kier alpha value is -4.00. The van der Waals surface area contributed by atoms with Gasteiger partial charge in [0.2, 0.25) is 11.9 Å². The Bertz CT molecular complexity index is 1340. The number of carbonyl (C=O) groups is 4. The van der Waals surface area contributed by atoms with Gasteiger partial charge in [0.05, 0.1) is 16.7 Å². The van der Waals surface area contributed by atoms with Gasteiger partial charge in [-0.2, -0.15) is 0 Å². The molecule has 40 heavy (non-hydrogen) atoms. The van der Waals surface area contributed by atoms with Crippen molar-refractivity contribution < 1.29 is 38.1 Å². The van der Waals surface area contributed by atoms with Gasteiger partial charge in [0, 0.05) is 0 Å². The van der Waals surface area contributed by atoms with Gasteiger partial charge >= 0.3 is 17.9 Å². The van der Waals surface area contributed by atoms with Gasteiger partial charge in [-0.05, 0) is 48.2 Å². The molecule has 1 heterocycles. The van der Waals surface area contributed by atoms with Crippen molar-refractivity contribution in [2.75, 3.05) is 6.61 Å². The predicted molar refractivity (Wildman–Crippen MR) is 152 cm³/mol. The van der Waals surface area contributed by atoms with Crippen LogP contribution in [0.5, 0.6) is 0 Å². The number of hydrogen-bond acceptors (Lipinski definition) is 10. The lowest BCUT2D eigenvalue weighted by molar-refractivity contribution is -0.177. The van der Waals surface area contributed by atoms with Crippen LogP contribution in [0.4, 0.5) is 0 Å². The number of thioether (sulfide) groups is 1. The fourth-order valence-corrected chi connectivity index (χ4v) is 4.41. The summed E-state index contributed by atoms with van der Waals surface area (Å²) in [6, 6.07) is 24.1. The second kappa shape index (κ2) is 14.4. The minimum absolute atomic E-state index is 0. The summed E-state index contributed by atoms with van der Waals surface area (Å²) >= 11 is 0.579. The summed E-state index contributed by atoms with van der Waals surface area (Å²) in [5, 5.41) is 7.19. The summed E-state index contributed by atoms with van der Waals surface area (Å²) in [7, 11) is 0. The van der Waals surface area contributed by atoms with Crippen LogP contribution in [0.1, 0.15) is 31.1 Å². The maximum absolute atomic E-state index is 13.4. The summed E-state index contributed by atoms with van der Waals surface area (Å²) in [6.45, 7) is -0.456. The van der Waals surface area contributed by atoms with Crippen LogP contribution in [0.25, 0.3) is 0 Å². The molecule has 208 valence electrons. The molecule has 12 heteroatoms. The molecule has 1 saturated heterocycles. The number of nitrogens with one attached hydrogen (secondary N) is 1. The van der Waals surface area contributed by atoms with E-state index >= 15 is 0 Å². The van der Waals surface area contributed by atoms with Crippen LogP contribution < -0.4 is 5.73 Å². The monoisotopic (exact) mass is 628 g/mol. The molecule has 3 N–H and O–H groups in total. The normalized spacial score (nSPS) is 19.9. The fourth-order valence-electron chi connectivity index (χ4n) is 3.73. The molecule has 4 atom stereocenters. The molecule has 0 aromatic heterocycles. The molecular weight excluding hydrogens is 604 g/mol. The van der Waals surface area contributed by atoms with Gasteiger partial charge in [0.15, 0.2) is 16.7 Å². The third kappa shape index (κ3) is 7.78. The van der Waals surface area contributed by atoms with Crippen molar-refractivity contribution in [1.82, 2.24) is 0 Å². The van der Waals surface area contributed by atoms with Gasteiger partial charge < -0.3 is 24.7 Å². The molecule has 10 nitrogen and oxygen atoms in total. The second-order valence-corrected chi connectivity index (χ2v) is 9.39. The molecule has 0 amide bonds. The number of ketones is 1. The van der Waals surface area contributed by atoms with Crippen molar-refractivity contribution in [1.29, 1.82) is 5.41 Å². The van der Waals surface area contributed by atoms with Gasteiger partial charge in [-0.25, -0.2) is 14.4 Å². The smallest absolute Gasteiger partial charge is 0.338 e. The first-order valence-electron chi connectivity index (χ1n) is 11.8. The minimum Gasteiger partial charge on any atom is -0.459 e. The van der Waals surface area contributed by atoms with Crippen molar-refractivity contribution >= 4 is 57.6 Å². The Morgan fingerprint density at radius 1 is 0.775 bits per heavy atom. The number of halogens is 1. The molecule has 0 spiro atoms. The lowest BCUT2D eigenvalue weighted by atomic mass is 10.0. The highest BCUT2D eigenvalue weighted by molar-refractivity contribution is 8.93. The van der Waals surface area contributed by atoms with Crippen LogP contribution in [0.2, 0.25) is 0 Å². The zero-order valence-electron chi connectivity index (χ0n) is 20.8. The molecule has 1 fully saturated rings. The number of nitrogens with two attached hydrogens (primary N) is 1. The standard InChI is InChI=1S/C28H24N2O8S.BrH/c29-28(30)39-27-21(31)23(38-26(34)19-14-8-3-9-15-19)22(37-25(33)18-12-6-2-7-13-18)20(36-27)16-35-24(32)17-10-4-1-5-11-17;/h1-15,20,22-23,27H,16H2,(H3,29,30);1H/t20-,22-,23-,27+;/m1./s1. The zero-order valence-corrected chi connectivity index (χ0v) is 23.4. The van der Waals surface area contributed by atoms with Crippen molar-refractivity contribution in [3.8, 4) is 0 Å². The maximum atomic E-state index is 13.4. The van der Waals surface area contributed by atoms with Crippen LogP contribution in [0.15, 0.2) is 91.0 Å². The lowest BCUT2D eigenvalue weighted by Gasteiger charge is -2.38. The highest BCUT2D eigenvalue weighted by atomic mass is 79.9. The number of ether oxygens (including phenoxy) is 4. The highest BCUT2D eigenvalue weighted by Gasteiger charge is 2.51. The molecule has 3 aromatic carbocycles. The van der Waals surface area contributed by atoms with E-state index in [2.05, 4.69) is 0 Å². The molecule has 3 aromatic rings. The molecular formula is C28H25BrN2O8S. The third-order valence-electron chi connectivity index (χ3n) is 5.59. The van der Waals surface area contributed by atoms with Gasteiger partial charge in [-0.15, -0.1) is 17.0 Å². The molecule has 0 bridgehead atoms. The first-order valence-corrected chi connectivity index (χ1v) is 12.7. The average molecular weight is 629 g/mol. The van der Waals surface area contributed by atoms with E-state index in [9.17, 15) is 19.2 Å². The Morgan fingerprint density at radius 3 is 1.70 bits per heavy atom. The third-order valence-corrected chi connectivity index (χ3v) is 6.41. The van der Waals surface area contributed by atoms with Gasteiger partial charge in [0.25, 0.3) is 0 Å². The lowest BCUT2D eigenvalue weighted by Crippen LogP contribution is -2.59. The largest absolute Gasteiger partial charge is 0.459 e. The maximum Gasteiger partial charge on any atom is 0.338 e. The van der Waals surface area contributed by atoms with Crippen LogP contribution in [0, 0.1) is 5.41 Å². The van der Waals surface area contributed by atoms with E-state index in [1.807, 2.05) is 0 Å². The van der Waals surface area contributed by atoms with E-state index in [1.165, 1.54) is 24.3 Å². The zero-order chi connectivity index (χ0) is 27.8. The number of esters is 3. The second-order valence-electron chi connectivity index (χ2n) is 8.28. The first-order chi connectivity index (χ1) is 18.8. The molecule has 0 saturated carbocycles. The van der Waals surface area contributed by atoms with E-state index < -0.39 is 59.2 Å². The van der Waals surface area contributed by atoms with Crippen molar-refractivity contribution in [3.05, 3.63) is 108 Å². The van der Waals surface area contributed by atoms with Gasteiger partial charge in [-0.1, -0.05) is 54.6 Å². The number of amidine groups is 1. The summed E-state index contributed by atoms with van der Waals surface area (Å²) in [5.74, 6) is -3.12. The molecule has 1 aliphatic heterocycles. The SMILES string of the molecule is Br.N=C(N)S[C@@H]1O[C@H](COC(=O)c2ccccc2)[C@@H](OC(=O)c2ccccc2)[C@H](OC(=O)c2ccccc2)C1=O. The fraction of sp³-hybridized carbons (Fsp3) is 0.179. The molecule has 0 unspecified atom stereocenters. The van der Waals surface area contributed by atoms with E-state index in [1.54, 1.807) is 66.7 Å². The molecule has 1 aliphatic rings. The Labute approximate surface area is 244 Å². The van der Waals surface area contributed by atoms with Crippen molar-refractivity contribution in [3.63, 3.8) is 0 Å². The van der Waals surface area contributed by atoms with Gasteiger partial charge in [0.1, 0.15) is 12.7 Å². The van der Waals surface area contributed by atoms with Gasteiger partial charge in [-0.3, -0.25) is 10.2 Å². The summed E-state index contributed by atoms with van der Waals surface area (Å²) < 4.78 is 22.4. The number of carbonyl (C=O) groups excluding carboxylic acids is 4. The minimum atomic E-state index is -1.64. The van der Waals surface area contributed by atoms with E-state index in [0.29, 0.717) is 11.8 Å². The Balaban J connectivity index is 0.00000441. The average Bonchev–Trinajstić information content (AvgIpc) is 2.96. The predicted octanol–water partition coefficient (Wildman–Crippen LogP) is 3.79. The molecule has 4 rings (SSSR count). The van der Waals surface area contributed by atoms with Crippen molar-refractivity contribution in [2.24, 2.45) is 5.73 Å². The summed E-state index contributed by atoms with van der Waals surface area (Å²) in [4.78, 5) is 51.9. The van der Waals surface area contributed by atoms with Crippen molar-refractivity contribution in [2.45, 2.75) is 23.7 Å². The van der Waals surface area contributed by atoms with E-state index in [-0.39, 0.29) is 33.7 Å².